The van der Waals surface area contributed by atoms with Crippen molar-refractivity contribution in [3.63, 3.8) is 0 Å². The molecule has 1 N–H and O–H groups in total. The second-order valence-electron chi connectivity index (χ2n) is 4.45. The van der Waals surface area contributed by atoms with Crippen LogP contribution in [0.1, 0.15) is 0 Å². The molecular formula is C13H17ClFNO3. The Morgan fingerprint density at radius 1 is 1.42 bits per heavy atom. The molecule has 4 nitrogen and oxygen atoms in total. The van der Waals surface area contributed by atoms with E-state index >= 15 is 0 Å². The van der Waals surface area contributed by atoms with Gasteiger partial charge in [0.15, 0.2) is 0 Å². The molecule has 1 aromatic carbocycles. The molecule has 1 aliphatic rings. The fraction of sp³-hybridized carbons (Fsp3) is 0.538. The zero-order valence-corrected chi connectivity index (χ0v) is 11.3. The van der Waals surface area contributed by atoms with E-state index in [0.717, 1.165) is 13.1 Å². The highest BCUT2D eigenvalue weighted by molar-refractivity contribution is 6.30. The highest BCUT2D eigenvalue weighted by atomic mass is 35.5. The summed E-state index contributed by atoms with van der Waals surface area (Å²) >= 11 is 5.65. The van der Waals surface area contributed by atoms with Crippen LogP contribution in [-0.4, -0.2) is 55.6 Å². The molecule has 0 aliphatic carbocycles. The standard InChI is InChI=1S/C13H17ClFNO3/c14-12-7-11(1-2-13(12)15)19-9-10(17)8-16-3-5-18-6-4-16/h1-2,7,10,17H,3-6,8-9H2. The molecule has 0 spiro atoms. The van der Waals surface area contributed by atoms with Crippen LogP contribution in [0.3, 0.4) is 0 Å². The highest BCUT2D eigenvalue weighted by Gasteiger charge is 2.15. The molecule has 1 unspecified atom stereocenters. The minimum Gasteiger partial charge on any atom is -0.491 e. The Labute approximate surface area is 116 Å². The summed E-state index contributed by atoms with van der Waals surface area (Å²) in [5.41, 5.74) is 0. The first-order valence-electron chi connectivity index (χ1n) is 6.21. The highest BCUT2D eigenvalue weighted by Crippen LogP contribution is 2.21. The van der Waals surface area contributed by atoms with Crippen molar-refractivity contribution in [1.29, 1.82) is 0 Å². The van der Waals surface area contributed by atoms with Gasteiger partial charge >= 0.3 is 0 Å². The zero-order valence-electron chi connectivity index (χ0n) is 10.5. The summed E-state index contributed by atoms with van der Waals surface area (Å²) in [6.07, 6.45) is -0.595. The number of rotatable bonds is 5. The van der Waals surface area contributed by atoms with E-state index in [1.54, 1.807) is 0 Å². The molecule has 0 bridgehead atoms. The molecule has 1 heterocycles. The molecule has 6 heteroatoms. The van der Waals surface area contributed by atoms with E-state index in [4.69, 9.17) is 21.1 Å². The van der Waals surface area contributed by atoms with Gasteiger partial charge in [-0.15, -0.1) is 0 Å². The summed E-state index contributed by atoms with van der Waals surface area (Å²) < 4.78 is 23.6. The maximum absolute atomic E-state index is 13.0. The smallest absolute Gasteiger partial charge is 0.142 e. The number of benzene rings is 1. The maximum atomic E-state index is 13.0. The summed E-state index contributed by atoms with van der Waals surface area (Å²) in [5.74, 6) is -0.0321. The Kier molecular flexibility index (Phi) is 5.39. The molecule has 1 aromatic rings. The van der Waals surface area contributed by atoms with Crippen molar-refractivity contribution in [2.45, 2.75) is 6.10 Å². The Morgan fingerprint density at radius 2 is 2.16 bits per heavy atom. The number of β-amino-alcohol motifs (C(OH)–C–C–N with tert-alkyl or cyclic N) is 1. The minimum absolute atomic E-state index is 0.0140. The summed E-state index contributed by atoms with van der Waals surface area (Å²) in [6.45, 7) is 3.72. The maximum Gasteiger partial charge on any atom is 0.142 e. The van der Waals surface area contributed by atoms with Gasteiger partial charge in [-0.2, -0.15) is 0 Å². The molecule has 2 rings (SSSR count). The third-order valence-corrected chi connectivity index (χ3v) is 3.20. The Balaban J connectivity index is 1.75. The lowest BCUT2D eigenvalue weighted by Crippen LogP contribution is -2.42. The zero-order chi connectivity index (χ0) is 13.7. The predicted octanol–water partition coefficient (Wildman–Crippen LogP) is 1.55. The van der Waals surface area contributed by atoms with Crippen molar-refractivity contribution >= 4 is 11.6 Å². The molecule has 0 aromatic heterocycles. The third kappa shape index (κ3) is 4.62. The van der Waals surface area contributed by atoms with Gasteiger partial charge in [0.05, 0.1) is 18.2 Å². The monoisotopic (exact) mass is 289 g/mol. The quantitative estimate of drug-likeness (QED) is 0.893. The Bertz CT molecular complexity index is 413. The van der Waals surface area contributed by atoms with Gasteiger partial charge in [-0.25, -0.2) is 4.39 Å². The van der Waals surface area contributed by atoms with E-state index in [2.05, 4.69) is 4.90 Å². The van der Waals surface area contributed by atoms with Crippen LogP contribution in [-0.2, 0) is 4.74 Å². The molecule has 106 valence electrons. The molecule has 1 atom stereocenters. The van der Waals surface area contributed by atoms with Crippen molar-refractivity contribution in [2.24, 2.45) is 0 Å². The molecular weight excluding hydrogens is 273 g/mol. The number of aliphatic hydroxyl groups excluding tert-OH is 1. The summed E-state index contributed by atoms with van der Waals surface area (Å²) in [7, 11) is 0. The summed E-state index contributed by atoms with van der Waals surface area (Å²) in [5, 5.41) is 9.89. The molecule has 19 heavy (non-hydrogen) atoms. The first-order chi connectivity index (χ1) is 9.15. The van der Waals surface area contributed by atoms with Crippen LogP contribution in [0.4, 0.5) is 4.39 Å². The van der Waals surface area contributed by atoms with Crippen LogP contribution in [0.25, 0.3) is 0 Å². The average Bonchev–Trinajstić information content (AvgIpc) is 2.41. The Morgan fingerprint density at radius 3 is 2.84 bits per heavy atom. The summed E-state index contributed by atoms with van der Waals surface area (Å²) in [6, 6.07) is 4.13. The Hall–Kier alpha value is -0.880. The number of morpholine rings is 1. The number of aliphatic hydroxyl groups is 1. The van der Waals surface area contributed by atoms with E-state index in [-0.39, 0.29) is 11.6 Å². The van der Waals surface area contributed by atoms with Crippen LogP contribution in [0.5, 0.6) is 5.75 Å². The lowest BCUT2D eigenvalue weighted by molar-refractivity contribution is 0.00465. The van der Waals surface area contributed by atoms with Gasteiger partial charge in [-0.3, -0.25) is 4.90 Å². The number of hydrogen-bond acceptors (Lipinski definition) is 4. The minimum atomic E-state index is -0.595. The largest absolute Gasteiger partial charge is 0.491 e. The van der Waals surface area contributed by atoms with Crippen LogP contribution in [0, 0.1) is 5.82 Å². The second-order valence-corrected chi connectivity index (χ2v) is 4.86. The van der Waals surface area contributed by atoms with Crippen LogP contribution < -0.4 is 4.74 Å². The summed E-state index contributed by atoms with van der Waals surface area (Å²) in [4.78, 5) is 2.12. The lowest BCUT2D eigenvalue weighted by Gasteiger charge is -2.28. The van der Waals surface area contributed by atoms with Gasteiger partial charge in [0.2, 0.25) is 0 Å². The SMILES string of the molecule is OC(COc1ccc(F)c(Cl)c1)CN1CCOCC1. The van der Waals surface area contributed by atoms with Crippen molar-refractivity contribution in [3.05, 3.63) is 29.0 Å². The molecule has 1 saturated heterocycles. The lowest BCUT2D eigenvalue weighted by atomic mass is 10.3. The van der Waals surface area contributed by atoms with Gasteiger partial charge in [0.25, 0.3) is 0 Å². The van der Waals surface area contributed by atoms with Crippen LogP contribution in [0.2, 0.25) is 5.02 Å². The van der Waals surface area contributed by atoms with E-state index in [0.29, 0.717) is 25.5 Å². The van der Waals surface area contributed by atoms with Crippen LogP contribution in [0.15, 0.2) is 18.2 Å². The molecule has 1 fully saturated rings. The first kappa shape index (κ1) is 14.5. The molecule has 0 saturated carbocycles. The van der Waals surface area contributed by atoms with E-state index in [9.17, 15) is 9.50 Å². The van der Waals surface area contributed by atoms with E-state index in [1.165, 1.54) is 18.2 Å². The van der Waals surface area contributed by atoms with Gasteiger partial charge in [0, 0.05) is 25.7 Å². The van der Waals surface area contributed by atoms with Crippen molar-refractivity contribution in [1.82, 2.24) is 4.90 Å². The van der Waals surface area contributed by atoms with Crippen LogP contribution >= 0.6 is 11.6 Å². The predicted molar refractivity (Wildman–Crippen MR) is 70.2 cm³/mol. The third-order valence-electron chi connectivity index (χ3n) is 2.91. The number of hydrogen-bond donors (Lipinski definition) is 1. The number of ether oxygens (including phenoxy) is 2. The number of halogens is 2. The van der Waals surface area contributed by atoms with Gasteiger partial charge in [0.1, 0.15) is 24.3 Å². The normalized spacial score (nSPS) is 18.3. The van der Waals surface area contributed by atoms with Crippen molar-refractivity contribution in [2.75, 3.05) is 39.5 Å². The second kappa shape index (κ2) is 7.05. The topological polar surface area (TPSA) is 41.9 Å². The molecule has 1 aliphatic heterocycles. The number of nitrogens with zero attached hydrogens (tertiary/aromatic N) is 1. The molecule has 0 radical (unpaired) electrons. The molecule has 0 amide bonds. The van der Waals surface area contributed by atoms with E-state index in [1.807, 2.05) is 0 Å². The van der Waals surface area contributed by atoms with Gasteiger partial charge < -0.3 is 14.6 Å². The van der Waals surface area contributed by atoms with Gasteiger partial charge in [-0.05, 0) is 12.1 Å². The first-order valence-corrected chi connectivity index (χ1v) is 6.59. The van der Waals surface area contributed by atoms with E-state index < -0.39 is 11.9 Å². The fourth-order valence-electron chi connectivity index (χ4n) is 1.89. The van der Waals surface area contributed by atoms with Gasteiger partial charge in [-0.1, -0.05) is 11.6 Å². The van der Waals surface area contributed by atoms with Crippen molar-refractivity contribution < 1.29 is 19.0 Å². The van der Waals surface area contributed by atoms with Crippen molar-refractivity contribution in [3.8, 4) is 5.75 Å². The fourth-order valence-corrected chi connectivity index (χ4v) is 2.06. The average molecular weight is 290 g/mol.